The third-order valence-electron chi connectivity index (χ3n) is 4.96. The normalized spacial score (nSPS) is 12.0. The van der Waals surface area contributed by atoms with Gasteiger partial charge in [-0.3, -0.25) is 24.2 Å². The van der Waals surface area contributed by atoms with Crippen LogP contribution < -0.4 is 11.1 Å². The van der Waals surface area contributed by atoms with E-state index >= 15 is 0 Å². The van der Waals surface area contributed by atoms with E-state index in [4.69, 9.17) is 5.73 Å². The van der Waals surface area contributed by atoms with Crippen LogP contribution in [-0.2, 0) is 23.1 Å². The Morgan fingerprint density at radius 2 is 1.87 bits per heavy atom. The number of benzene rings is 1. The number of hydrogen-bond acceptors (Lipinski definition) is 5. The number of nitrogens with two attached hydrogens (primary N) is 1. The van der Waals surface area contributed by atoms with Gasteiger partial charge in [-0.1, -0.05) is 19.1 Å². The van der Waals surface area contributed by atoms with Crippen LogP contribution in [0.2, 0.25) is 0 Å². The molecule has 1 aromatic carbocycles. The summed E-state index contributed by atoms with van der Waals surface area (Å²) in [6, 6.07) is 10.7. The maximum absolute atomic E-state index is 13.3. The topological polar surface area (TPSA) is 106 Å². The average Bonchev–Trinajstić information content (AvgIpc) is 3.12. The molecule has 3 aromatic rings. The van der Waals surface area contributed by atoms with Crippen LogP contribution in [0.4, 0.5) is 10.2 Å². The Morgan fingerprint density at radius 3 is 2.48 bits per heavy atom. The van der Waals surface area contributed by atoms with Crippen molar-refractivity contribution in [3.05, 3.63) is 66.2 Å². The fraction of sp³-hybridized carbons (Fsp3) is 0.273. The molecule has 2 aromatic heterocycles. The quantitative estimate of drug-likeness (QED) is 0.546. The van der Waals surface area contributed by atoms with Gasteiger partial charge in [0.25, 0.3) is 0 Å². The van der Waals surface area contributed by atoms with Gasteiger partial charge >= 0.3 is 0 Å². The fourth-order valence-corrected chi connectivity index (χ4v) is 3.33. The zero-order chi connectivity index (χ0) is 22.4. The number of primary amides is 1. The van der Waals surface area contributed by atoms with E-state index in [0.29, 0.717) is 24.5 Å². The fourth-order valence-electron chi connectivity index (χ4n) is 3.33. The third kappa shape index (κ3) is 5.73. The maximum atomic E-state index is 13.3. The summed E-state index contributed by atoms with van der Waals surface area (Å²) in [7, 11) is 1.73. The SMILES string of the molecule is CCN(CC(N)=O)[C@@H](Cc1ccc(F)cc1)C(=O)Nc1cc(-c2ccncc2)nn1C. The molecule has 9 heteroatoms. The van der Waals surface area contributed by atoms with E-state index in [1.807, 2.05) is 19.1 Å². The van der Waals surface area contributed by atoms with E-state index in [-0.39, 0.29) is 18.3 Å². The predicted molar refractivity (Wildman–Crippen MR) is 115 cm³/mol. The number of rotatable bonds is 9. The van der Waals surface area contributed by atoms with Gasteiger partial charge in [0.15, 0.2) is 0 Å². The summed E-state index contributed by atoms with van der Waals surface area (Å²) in [6.45, 7) is 2.22. The van der Waals surface area contributed by atoms with Crippen molar-refractivity contribution in [3.8, 4) is 11.3 Å². The Kier molecular flexibility index (Phi) is 7.09. The lowest BCUT2D eigenvalue weighted by molar-refractivity contribution is -0.124. The summed E-state index contributed by atoms with van der Waals surface area (Å²) in [5.41, 5.74) is 7.72. The van der Waals surface area contributed by atoms with Gasteiger partial charge in [0, 0.05) is 31.1 Å². The van der Waals surface area contributed by atoms with Gasteiger partial charge in [0.1, 0.15) is 11.6 Å². The molecule has 0 saturated heterocycles. The van der Waals surface area contributed by atoms with Crippen LogP contribution >= 0.6 is 0 Å². The Labute approximate surface area is 179 Å². The Morgan fingerprint density at radius 1 is 1.19 bits per heavy atom. The molecule has 0 fully saturated rings. The van der Waals surface area contributed by atoms with Crippen molar-refractivity contribution in [2.45, 2.75) is 19.4 Å². The van der Waals surface area contributed by atoms with E-state index in [1.165, 1.54) is 12.1 Å². The molecule has 0 aliphatic carbocycles. The number of carbonyl (C=O) groups is 2. The van der Waals surface area contributed by atoms with Crippen molar-refractivity contribution in [1.29, 1.82) is 0 Å². The van der Waals surface area contributed by atoms with Gasteiger partial charge in [-0.25, -0.2) is 4.39 Å². The van der Waals surface area contributed by atoms with Crippen LogP contribution in [0, 0.1) is 5.82 Å². The number of nitrogens with zero attached hydrogens (tertiary/aromatic N) is 4. The van der Waals surface area contributed by atoms with Gasteiger partial charge < -0.3 is 11.1 Å². The molecule has 2 heterocycles. The molecular weight excluding hydrogens is 399 g/mol. The second-order valence-electron chi connectivity index (χ2n) is 7.14. The zero-order valence-corrected chi connectivity index (χ0v) is 17.5. The Hall–Kier alpha value is -3.59. The van der Waals surface area contributed by atoms with Crippen molar-refractivity contribution in [3.63, 3.8) is 0 Å². The lowest BCUT2D eigenvalue weighted by Crippen LogP contribution is -2.48. The van der Waals surface area contributed by atoms with E-state index in [0.717, 1.165) is 11.1 Å². The monoisotopic (exact) mass is 424 g/mol. The van der Waals surface area contributed by atoms with Crippen molar-refractivity contribution < 1.29 is 14.0 Å². The summed E-state index contributed by atoms with van der Waals surface area (Å²) in [6.07, 6.45) is 3.64. The highest BCUT2D eigenvalue weighted by atomic mass is 19.1. The van der Waals surface area contributed by atoms with Gasteiger partial charge in [-0.15, -0.1) is 0 Å². The van der Waals surface area contributed by atoms with E-state index in [9.17, 15) is 14.0 Å². The zero-order valence-electron chi connectivity index (χ0n) is 17.5. The van der Waals surface area contributed by atoms with Crippen LogP contribution in [0.15, 0.2) is 54.9 Å². The number of aryl methyl sites for hydroxylation is 1. The molecule has 31 heavy (non-hydrogen) atoms. The molecule has 1 atom stereocenters. The molecule has 3 N–H and O–H groups in total. The van der Waals surface area contributed by atoms with Crippen LogP contribution in [0.3, 0.4) is 0 Å². The first-order valence-electron chi connectivity index (χ1n) is 9.89. The second-order valence-corrected chi connectivity index (χ2v) is 7.14. The lowest BCUT2D eigenvalue weighted by atomic mass is 10.0. The lowest BCUT2D eigenvalue weighted by Gasteiger charge is -2.28. The minimum Gasteiger partial charge on any atom is -0.369 e. The minimum absolute atomic E-state index is 0.0660. The standard InChI is InChI=1S/C22H25FN6O2/c1-3-29(14-20(24)30)19(12-15-4-6-17(23)7-5-15)22(31)26-21-13-18(27-28(21)2)16-8-10-25-11-9-16/h4-11,13,19H,3,12,14H2,1-2H3,(H2,24,30)(H,26,31)/t19-/m0/s1. The first kappa shape index (κ1) is 22.1. The van der Waals surface area contributed by atoms with Crippen LogP contribution in [0.1, 0.15) is 12.5 Å². The van der Waals surface area contributed by atoms with E-state index in [2.05, 4.69) is 15.4 Å². The number of likely N-dealkylation sites (N-methyl/N-ethyl adjacent to an activating group) is 1. The number of halogens is 1. The van der Waals surface area contributed by atoms with Crippen molar-refractivity contribution >= 4 is 17.6 Å². The number of pyridine rings is 1. The highest BCUT2D eigenvalue weighted by Crippen LogP contribution is 2.21. The summed E-state index contributed by atoms with van der Waals surface area (Å²) >= 11 is 0. The summed E-state index contributed by atoms with van der Waals surface area (Å²) in [4.78, 5) is 30.5. The number of anilines is 1. The molecule has 0 aliphatic heterocycles. The largest absolute Gasteiger partial charge is 0.369 e. The molecule has 8 nitrogen and oxygen atoms in total. The summed E-state index contributed by atoms with van der Waals surface area (Å²) in [5.74, 6) is -0.681. The highest BCUT2D eigenvalue weighted by Gasteiger charge is 2.27. The van der Waals surface area contributed by atoms with E-state index in [1.54, 1.807) is 47.2 Å². The molecule has 162 valence electrons. The second kappa shape index (κ2) is 9.94. The molecule has 0 unspecified atom stereocenters. The number of nitrogens with one attached hydrogen (secondary N) is 1. The van der Waals surface area contributed by atoms with Gasteiger partial charge in [-0.05, 0) is 42.8 Å². The average molecular weight is 424 g/mol. The molecular formula is C22H25FN6O2. The Balaban J connectivity index is 1.84. The number of hydrogen-bond donors (Lipinski definition) is 2. The first-order valence-corrected chi connectivity index (χ1v) is 9.89. The molecule has 0 spiro atoms. The molecule has 2 amide bonds. The highest BCUT2D eigenvalue weighted by molar-refractivity contribution is 5.95. The van der Waals surface area contributed by atoms with Crippen molar-refractivity contribution in [1.82, 2.24) is 19.7 Å². The Bertz CT molecular complexity index is 1040. The van der Waals surface area contributed by atoms with Crippen molar-refractivity contribution in [2.75, 3.05) is 18.4 Å². The molecule has 0 bridgehead atoms. The number of carbonyl (C=O) groups excluding carboxylic acids is 2. The summed E-state index contributed by atoms with van der Waals surface area (Å²) < 4.78 is 14.9. The predicted octanol–water partition coefficient (Wildman–Crippen LogP) is 1.98. The van der Waals surface area contributed by atoms with Crippen LogP contribution in [-0.4, -0.2) is 50.6 Å². The third-order valence-corrected chi connectivity index (χ3v) is 4.96. The van der Waals surface area contributed by atoms with Gasteiger partial charge in [0.05, 0.1) is 18.3 Å². The van der Waals surface area contributed by atoms with Gasteiger partial charge in [-0.2, -0.15) is 5.10 Å². The number of aromatic nitrogens is 3. The smallest absolute Gasteiger partial charge is 0.243 e. The minimum atomic E-state index is -0.678. The van der Waals surface area contributed by atoms with Crippen LogP contribution in [0.25, 0.3) is 11.3 Å². The molecule has 0 saturated carbocycles. The molecule has 0 aliphatic rings. The van der Waals surface area contributed by atoms with Gasteiger partial charge in [0.2, 0.25) is 11.8 Å². The maximum Gasteiger partial charge on any atom is 0.243 e. The molecule has 0 radical (unpaired) electrons. The first-order chi connectivity index (χ1) is 14.9. The summed E-state index contributed by atoms with van der Waals surface area (Å²) in [5, 5.41) is 7.34. The molecule has 3 rings (SSSR count). The van der Waals surface area contributed by atoms with E-state index < -0.39 is 11.9 Å². The van der Waals surface area contributed by atoms with Crippen LogP contribution in [0.5, 0.6) is 0 Å². The number of amides is 2. The van der Waals surface area contributed by atoms with Crippen molar-refractivity contribution in [2.24, 2.45) is 12.8 Å².